The summed E-state index contributed by atoms with van der Waals surface area (Å²) in [6.45, 7) is 8.27. The minimum absolute atomic E-state index is 0.429. The SMILES string of the molecule is CC(C)CC(C)N(C)Cc1ccc(C#CCN)s1. The second kappa shape index (κ2) is 7.58. The van der Waals surface area contributed by atoms with E-state index < -0.39 is 0 Å². The first kappa shape index (κ1) is 15.2. The van der Waals surface area contributed by atoms with Gasteiger partial charge in [0, 0.05) is 17.5 Å². The Bertz CT molecular complexity index is 412. The molecule has 0 spiro atoms. The summed E-state index contributed by atoms with van der Waals surface area (Å²) in [7, 11) is 2.19. The predicted octanol–water partition coefficient (Wildman–Crippen LogP) is 2.92. The fourth-order valence-electron chi connectivity index (χ4n) is 1.93. The Labute approximate surface area is 115 Å². The van der Waals surface area contributed by atoms with E-state index in [1.807, 2.05) is 0 Å². The molecule has 2 N–H and O–H groups in total. The van der Waals surface area contributed by atoms with Gasteiger partial charge in [0.2, 0.25) is 0 Å². The van der Waals surface area contributed by atoms with Crippen molar-refractivity contribution < 1.29 is 0 Å². The molecule has 0 aliphatic carbocycles. The van der Waals surface area contributed by atoms with E-state index in [2.05, 4.69) is 56.7 Å². The molecule has 0 amide bonds. The van der Waals surface area contributed by atoms with E-state index in [1.54, 1.807) is 11.3 Å². The Balaban J connectivity index is 2.53. The molecule has 1 aromatic heterocycles. The fraction of sp³-hybridized carbons (Fsp3) is 0.600. The Morgan fingerprint density at radius 2 is 2.06 bits per heavy atom. The van der Waals surface area contributed by atoms with Crippen LogP contribution >= 0.6 is 11.3 Å². The first-order valence-corrected chi connectivity index (χ1v) is 7.32. The van der Waals surface area contributed by atoms with Crippen LogP contribution in [0.15, 0.2) is 12.1 Å². The lowest BCUT2D eigenvalue weighted by Crippen LogP contribution is -2.29. The predicted molar refractivity (Wildman–Crippen MR) is 80.6 cm³/mol. The van der Waals surface area contributed by atoms with Crippen molar-refractivity contribution in [1.29, 1.82) is 0 Å². The van der Waals surface area contributed by atoms with Crippen molar-refractivity contribution in [2.45, 2.75) is 39.8 Å². The van der Waals surface area contributed by atoms with Crippen LogP contribution in [0.3, 0.4) is 0 Å². The van der Waals surface area contributed by atoms with Crippen molar-refractivity contribution in [2.75, 3.05) is 13.6 Å². The molecule has 3 heteroatoms. The monoisotopic (exact) mass is 264 g/mol. The average molecular weight is 264 g/mol. The normalized spacial score (nSPS) is 12.6. The maximum Gasteiger partial charge on any atom is 0.0772 e. The van der Waals surface area contributed by atoms with E-state index in [0.717, 1.165) is 17.3 Å². The second-order valence-corrected chi connectivity index (χ2v) is 6.33. The molecule has 0 aliphatic heterocycles. The van der Waals surface area contributed by atoms with E-state index in [1.165, 1.54) is 11.3 Å². The molecular weight excluding hydrogens is 240 g/mol. The highest BCUT2D eigenvalue weighted by Crippen LogP contribution is 2.19. The number of thiophene rings is 1. The van der Waals surface area contributed by atoms with Crippen LogP contribution in [0.2, 0.25) is 0 Å². The van der Waals surface area contributed by atoms with Gasteiger partial charge in [-0.3, -0.25) is 4.90 Å². The standard InChI is InChI=1S/C15H24N2S/c1-12(2)10-13(3)17(4)11-15-8-7-14(18-15)6-5-9-16/h7-8,12-13H,9-11,16H2,1-4H3. The summed E-state index contributed by atoms with van der Waals surface area (Å²) in [6.07, 6.45) is 1.24. The lowest BCUT2D eigenvalue weighted by atomic mass is 10.0. The van der Waals surface area contributed by atoms with Crippen LogP contribution in [-0.2, 0) is 6.54 Å². The molecule has 0 radical (unpaired) electrons. The third-order valence-corrected chi connectivity index (χ3v) is 3.93. The zero-order valence-corrected chi connectivity index (χ0v) is 12.7. The van der Waals surface area contributed by atoms with Gasteiger partial charge in [-0.2, -0.15) is 0 Å². The highest BCUT2D eigenvalue weighted by Gasteiger charge is 2.12. The molecule has 1 heterocycles. The van der Waals surface area contributed by atoms with Crippen LogP contribution in [0.25, 0.3) is 0 Å². The van der Waals surface area contributed by atoms with Crippen LogP contribution in [0.5, 0.6) is 0 Å². The van der Waals surface area contributed by atoms with Crippen LogP contribution in [-0.4, -0.2) is 24.5 Å². The minimum atomic E-state index is 0.429. The minimum Gasteiger partial charge on any atom is -0.320 e. The smallest absolute Gasteiger partial charge is 0.0772 e. The maximum absolute atomic E-state index is 5.37. The second-order valence-electron chi connectivity index (χ2n) is 5.17. The zero-order valence-electron chi connectivity index (χ0n) is 11.9. The molecule has 0 aliphatic rings. The van der Waals surface area contributed by atoms with Gasteiger partial charge in [-0.1, -0.05) is 25.7 Å². The molecule has 0 fully saturated rings. The van der Waals surface area contributed by atoms with Gasteiger partial charge in [0.1, 0.15) is 0 Å². The van der Waals surface area contributed by atoms with Gasteiger partial charge in [-0.15, -0.1) is 11.3 Å². The number of nitrogens with two attached hydrogens (primary N) is 1. The summed E-state index contributed by atoms with van der Waals surface area (Å²) in [4.78, 5) is 4.89. The van der Waals surface area contributed by atoms with Crippen LogP contribution in [0, 0.1) is 17.8 Å². The van der Waals surface area contributed by atoms with Gasteiger partial charge in [-0.05, 0) is 38.4 Å². The summed E-state index contributed by atoms with van der Waals surface area (Å²) >= 11 is 1.77. The summed E-state index contributed by atoms with van der Waals surface area (Å²) in [6, 6.07) is 4.87. The summed E-state index contributed by atoms with van der Waals surface area (Å²) < 4.78 is 0. The van der Waals surface area contributed by atoms with Crippen LogP contribution < -0.4 is 5.73 Å². The molecule has 0 saturated carbocycles. The van der Waals surface area contributed by atoms with Crippen molar-refractivity contribution >= 4 is 11.3 Å². The summed E-state index contributed by atoms with van der Waals surface area (Å²) in [5.74, 6) is 6.73. The number of hydrogen-bond donors (Lipinski definition) is 1. The van der Waals surface area contributed by atoms with Gasteiger partial charge in [0.15, 0.2) is 0 Å². The molecule has 0 aromatic carbocycles. The third kappa shape index (κ3) is 5.22. The van der Waals surface area contributed by atoms with Crippen LogP contribution in [0.4, 0.5) is 0 Å². The Morgan fingerprint density at radius 3 is 2.67 bits per heavy atom. The highest BCUT2D eigenvalue weighted by molar-refractivity contribution is 7.12. The zero-order chi connectivity index (χ0) is 13.5. The molecule has 1 atom stereocenters. The highest BCUT2D eigenvalue weighted by atomic mass is 32.1. The van der Waals surface area contributed by atoms with E-state index in [9.17, 15) is 0 Å². The topological polar surface area (TPSA) is 29.3 Å². The number of nitrogens with zero attached hydrogens (tertiary/aromatic N) is 1. The van der Waals surface area contributed by atoms with Gasteiger partial charge < -0.3 is 5.73 Å². The molecule has 1 rings (SSSR count). The number of rotatable bonds is 5. The molecule has 18 heavy (non-hydrogen) atoms. The number of hydrogen-bond acceptors (Lipinski definition) is 3. The molecule has 1 aromatic rings. The molecule has 100 valence electrons. The molecule has 0 saturated heterocycles. The van der Waals surface area contributed by atoms with Crippen LogP contribution in [0.1, 0.15) is 36.9 Å². The Kier molecular flexibility index (Phi) is 6.42. The van der Waals surface area contributed by atoms with E-state index >= 15 is 0 Å². The van der Waals surface area contributed by atoms with E-state index in [-0.39, 0.29) is 0 Å². The molecule has 2 nitrogen and oxygen atoms in total. The lowest BCUT2D eigenvalue weighted by Gasteiger charge is -2.25. The van der Waals surface area contributed by atoms with E-state index in [4.69, 9.17) is 5.73 Å². The van der Waals surface area contributed by atoms with Gasteiger partial charge in [0.25, 0.3) is 0 Å². The van der Waals surface area contributed by atoms with Crippen molar-refractivity contribution in [3.8, 4) is 11.8 Å². The van der Waals surface area contributed by atoms with Gasteiger partial charge in [-0.25, -0.2) is 0 Å². The van der Waals surface area contributed by atoms with Crippen molar-refractivity contribution in [3.05, 3.63) is 21.9 Å². The maximum atomic E-state index is 5.37. The molecular formula is C15H24N2S. The summed E-state index contributed by atoms with van der Waals surface area (Å²) in [5, 5.41) is 0. The fourth-order valence-corrected chi connectivity index (χ4v) is 2.88. The van der Waals surface area contributed by atoms with Crippen molar-refractivity contribution in [1.82, 2.24) is 4.90 Å². The lowest BCUT2D eigenvalue weighted by molar-refractivity contribution is 0.222. The summed E-state index contributed by atoms with van der Waals surface area (Å²) in [5.41, 5.74) is 5.37. The third-order valence-electron chi connectivity index (χ3n) is 2.95. The first-order chi connectivity index (χ1) is 8.52. The Morgan fingerprint density at radius 1 is 1.33 bits per heavy atom. The Hall–Kier alpha value is -0.820. The molecule has 0 bridgehead atoms. The quantitative estimate of drug-likeness (QED) is 0.829. The van der Waals surface area contributed by atoms with Crippen molar-refractivity contribution in [2.24, 2.45) is 11.7 Å². The van der Waals surface area contributed by atoms with E-state index in [0.29, 0.717) is 12.6 Å². The largest absolute Gasteiger partial charge is 0.320 e. The van der Waals surface area contributed by atoms with Crippen molar-refractivity contribution in [3.63, 3.8) is 0 Å². The molecule has 1 unspecified atom stereocenters. The average Bonchev–Trinajstić information content (AvgIpc) is 2.73. The van der Waals surface area contributed by atoms with Gasteiger partial charge >= 0.3 is 0 Å². The first-order valence-electron chi connectivity index (χ1n) is 6.50. The van der Waals surface area contributed by atoms with Gasteiger partial charge in [0.05, 0.1) is 11.4 Å².